The summed E-state index contributed by atoms with van der Waals surface area (Å²) in [6.07, 6.45) is -1.81. The Hall–Kier alpha value is -1.04. The van der Waals surface area contributed by atoms with Crippen molar-refractivity contribution in [3.05, 3.63) is 12.0 Å². The second-order valence-electron chi connectivity index (χ2n) is 3.63. The number of nitrogens with zero attached hydrogens (tertiary/aromatic N) is 1. The number of aliphatic imine (C=N–C) groups is 1. The van der Waals surface area contributed by atoms with Crippen LogP contribution in [0.5, 0.6) is 0 Å². The zero-order chi connectivity index (χ0) is 12.2. The zero-order valence-electron chi connectivity index (χ0n) is 9.27. The van der Waals surface area contributed by atoms with Crippen molar-refractivity contribution in [1.82, 2.24) is 5.32 Å². The number of allylic oxidation sites excluding steroid dienone is 1. The molecule has 0 radical (unpaired) electrons. The number of hydrogen-bond donors (Lipinski definition) is 1. The van der Waals surface area contributed by atoms with Crippen LogP contribution in [0.1, 0.15) is 19.8 Å². The maximum absolute atomic E-state index is 11.9. The van der Waals surface area contributed by atoms with Gasteiger partial charge in [0.05, 0.1) is 6.20 Å². The van der Waals surface area contributed by atoms with Gasteiger partial charge in [0.1, 0.15) is 5.76 Å². The summed E-state index contributed by atoms with van der Waals surface area (Å²) < 4.78 is 40.2. The van der Waals surface area contributed by atoms with E-state index in [4.69, 9.17) is 0 Å². The minimum Gasteiger partial charge on any atom is -0.487 e. The van der Waals surface area contributed by atoms with Crippen LogP contribution in [0.2, 0.25) is 0 Å². The largest absolute Gasteiger partial charge is 0.487 e. The monoisotopic (exact) mass is 236 g/mol. The summed E-state index contributed by atoms with van der Waals surface area (Å²) in [6, 6.07) is 0.139. The smallest absolute Gasteiger partial charge is 0.422 e. The number of rotatable bonds is 4. The predicted molar refractivity (Wildman–Crippen MR) is 55.3 cm³/mol. The van der Waals surface area contributed by atoms with Gasteiger partial charge in [-0.05, 0) is 20.4 Å². The van der Waals surface area contributed by atoms with E-state index in [2.05, 4.69) is 15.0 Å². The summed E-state index contributed by atoms with van der Waals surface area (Å²) in [7, 11) is 1.81. The van der Waals surface area contributed by atoms with E-state index in [1.54, 1.807) is 0 Å². The van der Waals surface area contributed by atoms with E-state index in [1.807, 2.05) is 14.0 Å². The molecule has 1 heterocycles. The third-order valence-corrected chi connectivity index (χ3v) is 2.36. The molecule has 0 aliphatic carbocycles. The summed E-state index contributed by atoms with van der Waals surface area (Å²) in [5.74, 6) is 0.296. The van der Waals surface area contributed by atoms with E-state index < -0.39 is 12.8 Å². The van der Waals surface area contributed by atoms with Crippen LogP contribution >= 0.6 is 0 Å². The van der Waals surface area contributed by atoms with Crippen LogP contribution < -0.4 is 5.32 Å². The highest BCUT2D eigenvalue weighted by molar-refractivity contribution is 5.90. The Morgan fingerprint density at radius 1 is 1.50 bits per heavy atom. The van der Waals surface area contributed by atoms with Gasteiger partial charge in [0.15, 0.2) is 6.61 Å². The molecular formula is C10H15F3N2O. The van der Waals surface area contributed by atoms with Gasteiger partial charge in [0.25, 0.3) is 0 Å². The highest BCUT2D eigenvalue weighted by atomic mass is 19.4. The highest BCUT2D eigenvalue weighted by Gasteiger charge is 2.29. The molecule has 1 aliphatic rings. The predicted octanol–water partition coefficient (Wildman–Crippen LogP) is 2.25. The molecule has 1 atom stereocenters. The average Bonchev–Trinajstić information content (AvgIpc) is 2.25. The van der Waals surface area contributed by atoms with Gasteiger partial charge in [-0.15, -0.1) is 0 Å². The van der Waals surface area contributed by atoms with E-state index in [1.165, 1.54) is 6.20 Å². The molecule has 0 saturated carbocycles. The lowest BCUT2D eigenvalue weighted by Crippen LogP contribution is -2.31. The standard InChI is InChI=1S/C10H15F3N2O/c1-7(14-2)9-4-3-8(5-15-9)16-6-10(11,12)13/h5,7,14H,3-4,6H2,1-2H3. The van der Waals surface area contributed by atoms with E-state index >= 15 is 0 Å². The Balaban J connectivity index is 2.48. The first-order chi connectivity index (χ1) is 7.42. The number of alkyl halides is 3. The molecule has 1 N–H and O–H groups in total. The molecule has 0 bridgehead atoms. The molecular weight excluding hydrogens is 221 g/mol. The van der Waals surface area contributed by atoms with Gasteiger partial charge in [-0.1, -0.05) is 0 Å². The lowest BCUT2D eigenvalue weighted by atomic mass is 10.1. The highest BCUT2D eigenvalue weighted by Crippen LogP contribution is 2.20. The first-order valence-corrected chi connectivity index (χ1v) is 5.05. The van der Waals surface area contributed by atoms with Gasteiger partial charge in [-0.2, -0.15) is 13.2 Å². The van der Waals surface area contributed by atoms with Crippen molar-refractivity contribution < 1.29 is 17.9 Å². The third-order valence-electron chi connectivity index (χ3n) is 2.36. The second kappa shape index (κ2) is 5.34. The Kier molecular flexibility index (Phi) is 4.35. The maximum Gasteiger partial charge on any atom is 0.422 e. The minimum absolute atomic E-state index is 0.139. The van der Waals surface area contributed by atoms with Gasteiger partial charge in [0.2, 0.25) is 0 Å². The molecule has 0 aromatic rings. The minimum atomic E-state index is -4.29. The molecule has 0 aromatic carbocycles. The second-order valence-corrected chi connectivity index (χ2v) is 3.63. The zero-order valence-corrected chi connectivity index (χ0v) is 9.27. The van der Waals surface area contributed by atoms with Gasteiger partial charge in [-0.25, -0.2) is 0 Å². The van der Waals surface area contributed by atoms with Crippen molar-refractivity contribution in [2.24, 2.45) is 4.99 Å². The first kappa shape index (κ1) is 13.0. The SMILES string of the molecule is CNC(C)C1=NC=C(OCC(F)(F)F)CC1. The topological polar surface area (TPSA) is 33.6 Å². The average molecular weight is 236 g/mol. The maximum atomic E-state index is 11.9. The Bertz CT molecular complexity index is 297. The normalized spacial score (nSPS) is 18.8. The van der Waals surface area contributed by atoms with Crippen LogP contribution in [0.25, 0.3) is 0 Å². The molecule has 0 saturated heterocycles. The molecule has 0 aromatic heterocycles. The van der Waals surface area contributed by atoms with Crippen molar-refractivity contribution in [1.29, 1.82) is 0 Å². The number of halogens is 3. The van der Waals surface area contributed by atoms with Gasteiger partial charge >= 0.3 is 6.18 Å². The van der Waals surface area contributed by atoms with Crippen molar-refractivity contribution in [2.75, 3.05) is 13.7 Å². The summed E-state index contributed by atoms with van der Waals surface area (Å²) in [6.45, 7) is 0.708. The molecule has 0 amide bonds. The van der Waals surface area contributed by atoms with Crippen molar-refractivity contribution >= 4 is 5.71 Å². The molecule has 1 rings (SSSR count). The fourth-order valence-corrected chi connectivity index (χ4v) is 1.31. The van der Waals surface area contributed by atoms with Crippen LogP contribution in [-0.4, -0.2) is 31.6 Å². The molecule has 1 aliphatic heterocycles. The van der Waals surface area contributed by atoms with Crippen LogP contribution in [0.3, 0.4) is 0 Å². The molecule has 3 nitrogen and oxygen atoms in total. The van der Waals surface area contributed by atoms with Gasteiger partial charge < -0.3 is 10.1 Å². The molecule has 16 heavy (non-hydrogen) atoms. The molecule has 0 spiro atoms. The van der Waals surface area contributed by atoms with Crippen LogP contribution in [0.4, 0.5) is 13.2 Å². The number of nitrogens with one attached hydrogen (secondary N) is 1. The Labute approximate surface area is 92.4 Å². The summed E-state index contributed by atoms with van der Waals surface area (Å²) in [5.41, 5.74) is 0.932. The lowest BCUT2D eigenvalue weighted by molar-refractivity contribution is -0.165. The van der Waals surface area contributed by atoms with E-state index in [-0.39, 0.29) is 6.04 Å². The molecule has 92 valence electrons. The first-order valence-electron chi connectivity index (χ1n) is 5.05. The third kappa shape index (κ3) is 4.22. The molecule has 0 fully saturated rings. The van der Waals surface area contributed by atoms with Crippen molar-refractivity contribution in [3.8, 4) is 0 Å². The fraction of sp³-hybridized carbons (Fsp3) is 0.700. The summed E-state index contributed by atoms with van der Waals surface area (Å²) in [5, 5.41) is 3.02. The Morgan fingerprint density at radius 2 is 2.19 bits per heavy atom. The number of ether oxygens (including phenoxy) is 1. The fourth-order valence-electron chi connectivity index (χ4n) is 1.31. The van der Waals surface area contributed by atoms with Gasteiger partial charge in [0, 0.05) is 18.2 Å². The molecule has 1 unspecified atom stereocenters. The molecule has 6 heteroatoms. The van der Waals surface area contributed by atoms with E-state index in [0.29, 0.717) is 18.6 Å². The van der Waals surface area contributed by atoms with Gasteiger partial charge in [-0.3, -0.25) is 4.99 Å². The summed E-state index contributed by atoms with van der Waals surface area (Å²) >= 11 is 0. The summed E-state index contributed by atoms with van der Waals surface area (Å²) in [4.78, 5) is 4.08. The number of hydrogen-bond acceptors (Lipinski definition) is 3. The quantitative estimate of drug-likeness (QED) is 0.812. The van der Waals surface area contributed by atoms with Crippen molar-refractivity contribution in [3.63, 3.8) is 0 Å². The van der Waals surface area contributed by atoms with Crippen molar-refractivity contribution in [2.45, 2.75) is 32.0 Å². The Morgan fingerprint density at radius 3 is 2.62 bits per heavy atom. The van der Waals surface area contributed by atoms with Crippen LogP contribution in [-0.2, 0) is 4.74 Å². The van der Waals surface area contributed by atoms with E-state index in [9.17, 15) is 13.2 Å². The van der Waals surface area contributed by atoms with Crippen LogP contribution in [0, 0.1) is 0 Å². The van der Waals surface area contributed by atoms with E-state index in [0.717, 1.165) is 5.71 Å². The van der Waals surface area contributed by atoms with Crippen LogP contribution in [0.15, 0.2) is 17.0 Å². The lowest BCUT2D eigenvalue weighted by Gasteiger charge is -2.19.